The van der Waals surface area contributed by atoms with Crippen LogP contribution in [-0.4, -0.2) is 51.7 Å². The summed E-state index contributed by atoms with van der Waals surface area (Å²) in [6, 6.07) is 11.8. The topological polar surface area (TPSA) is 78.5 Å². The van der Waals surface area contributed by atoms with Crippen molar-refractivity contribution in [2.45, 2.75) is 44.9 Å². The van der Waals surface area contributed by atoms with E-state index in [0.29, 0.717) is 11.9 Å². The first-order valence-corrected chi connectivity index (χ1v) is 9.98. The number of amides is 1. The molecule has 2 bridgehead atoms. The molecule has 5 rings (SSSR count). The van der Waals surface area contributed by atoms with Crippen LogP contribution in [0.5, 0.6) is 0 Å². The van der Waals surface area contributed by atoms with Gasteiger partial charge in [0.25, 0.3) is 5.56 Å². The van der Waals surface area contributed by atoms with E-state index in [4.69, 9.17) is 9.72 Å². The van der Waals surface area contributed by atoms with E-state index in [1.54, 1.807) is 0 Å². The van der Waals surface area contributed by atoms with Crippen molar-refractivity contribution < 1.29 is 9.53 Å². The number of rotatable bonds is 1. The summed E-state index contributed by atoms with van der Waals surface area (Å²) in [4.78, 5) is 36.7. The molecule has 0 saturated carbocycles. The first-order valence-electron chi connectivity index (χ1n) is 9.98. The van der Waals surface area contributed by atoms with Crippen molar-refractivity contribution in [2.24, 2.45) is 0 Å². The Morgan fingerprint density at radius 3 is 2.55 bits per heavy atom. The molecule has 2 saturated heterocycles. The van der Waals surface area contributed by atoms with E-state index < -0.39 is 5.60 Å². The zero-order valence-corrected chi connectivity index (χ0v) is 16.8. The number of carbonyl (C=O) groups is 1. The summed E-state index contributed by atoms with van der Waals surface area (Å²) in [6.45, 7) is 7.05. The Morgan fingerprint density at radius 1 is 1.10 bits per heavy atom. The molecule has 2 aliphatic heterocycles. The van der Waals surface area contributed by atoms with E-state index in [1.807, 2.05) is 62.1 Å². The number of nitrogens with one attached hydrogen (secondary N) is 1. The lowest BCUT2D eigenvalue weighted by atomic mass is 10.1. The van der Waals surface area contributed by atoms with Crippen LogP contribution in [-0.2, 0) is 4.74 Å². The van der Waals surface area contributed by atoms with E-state index in [-0.39, 0.29) is 23.7 Å². The number of fused-ring (bicyclic) bond motifs is 5. The van der Waals surface area contributed by atoms with Gasteiger partial charge in [0.15, 0.2) is 0 Å². The summed E-state index contributed by atoms with van der Waals surface area (Å²) in [5.74, 6) is 0.881. The van der Waals surface area contributed by atoms with Gasteiger partial charge in [0, 0.05) is 23.9 Å². The molecule has 150 valence electrons. The number of carbonyl (C=O) groups excluding carboxylic acids is 1. The van der Waals surface area contributed by atoms with Crippen LogP contribution in [0.3, 0.4) is 0 Å². The minimum atomic E-state index is -0.490. The summed E-state index contributed by atoms with van der Waals surface area (Å²) in [5, 5.41) is 1.50. The minimum Gasteiger partial charge on any atom is -0.444 e. The van der Waals surface area contributed by atoms with Gasteiger partial charge in [-0.15, -0.1) is 0 Å². The fourth-order valence-electron chi connectivity index (χ4n) is 4.48. The molecule has 1 amide bonds. The van der Waals surface area contributed by atoms with Gasteiger partial charge in [-0.25, -0.2) is 9.78 Å². The highest BCUT2D eigenvalue weighted by Gasteiger charge is 2.47. The molecule has 2 fully saturated rings. The molecule has 2 aromatic heterocycles. The van der Waals surface area contributed by atoms with Gasteiger partial charge < -0.3 is 19.5 Å². The third-order valence-corrected chi connectivity index (χ3v) is 5.72. The van der Waals surface area contributed by atoms with Crippen molar-refractivity contribution in [3.05, 3.63) is 46.8 Å². The second-order valence-corrected chi connectivity index (χ2v) is 8.89. The maximum absolute atomic E-state index is 12.5. The number of hydrogen-bond donors (Lipinski definition) is 1. The largest absolute Gasteiger partial charge is 0.444 e. The summed E-state index contributed by atoms with van der Waals surface area (Å²) < 4.78 is 5.55. The van der Waals surface area contributed by atoms with Crippen LogP contribution in [0.4, 0.5) is 10.6 Å². The van der Waals surface area contributed by atoms with Gasteiger partial charge >= 0.3 is 6.09 Å². The summed E-state index contributed by atoms with van der Waals surface area (Å²) in [5.41, 5.74) is 0.939. The highest BCUT2D eigenvalue weighted by Crippen LogP contribution is 2.35. The van der Waals surface area contributed by atoms with Crippen LogP contribution in [0.25, 0.3) is 21.8 Å². The number of likely N-dealkylation sites (tertiary alicyclic amines) is 1. The van der Waals surface area contributed by atoms with E-state index >= 15 is 0 Å². The zero-order chi connectivity index (χ0) is 20.3. The Hall–Kier alpha value is -3.09. The maximum Gasteiger partial charge on any atom is 0.410 e. The highest BCUT2D eigenvalue weighted by molar-refractivity contribution is 6.03. The average molecular weight is 392 g/mol. The van der Waals surface area contributed by atoms with Crippen molar-refractivity contribution in [1.82, 2.24) is 14.9 Å². The Kier molecular flexibility index (Phi) is 3.84. The quantitative estimate of drug-likeness (QED) is 0.643. The molecule has 0 aliphatic carbocycles. The predicted octanol–water partition coefficient (Wildman–Crippen LogP) is 3.27. The van der Waals surface area contributed by atoms with Gasteiger partial charge in [-0.2, -0.15) is 0 Å². The van der Waals surface area contributed by atoms with E-state index in [0.717, 1.165) is 35.2 Å². The van der Waals surface area contributed by atoms with Crippen LogP contribution >= 0.6 is 0 Å². The first-order chi connectivity index (χ1) is 13.8. The zero-order valence-electron chi connectivity index (χ0n) is 16.8. The number of hydrogen-bond acceptors (Lipinski definition) is 5. The molecule has 1 N–H and O–H groups in total. The second kappa shape index (κ2) is 6.20. The summed E-state index contributed by atoms with van der Waals surface area (Å²) >= 11 is 0. The third kappa shape index (κ3) is 3.01. The minimum absolute atomic E-state index is 0.101. The summed E-state index contributed by atoms with van der Waals surface area (Å²) in [7, 11) is 0. The molecular weight excluding hydrogens is 368 g/mol. The summed E-state index contributed by atoms with van der Waals surface area (Å²) in [6.07, 6.45) is 0.686. The smallest absolute Gasteiger partial charge is 0.410 e. The molecular formula is C22H24N4O3. The molecule has 0 spiro atoms. The predicted molar refractivity (Wildman–Crippen MR) is 112 cm³/mol. The molecule has 2 atom stereocenters. The van der Waals surface area contributed by atoms with Crippen LogP contribution in [0.15, 0.2) is 41.2 Å². The van der Waals surface area contributed by atoms with Gasteiger partial charge in [-0.1, -0.05) is 18.2 Å². The van der Waals surface area contributed by atoms with Gasteiger partial charge in [0.2, 0.25) is 0 Å². The molecule has 3 aromatic rings. The molecule has 7 heteroatoms. The number of ether oxygens (including phenoxy) is 1. The van der Waals surface area contributed by atoms with E-state index in [1.165, 1.54) is 0 Å². The Bertz CT molecular complexity index is 1180. The lowest BCUT2D eigenvalue weighted by molar-refractivity contribution is 0.0214. The number of nitrogens with zero attached hydrogens (tertiary/aromatic N) is 3. The Labute approximate surface area is 168 Å². The average Bonchev–Trinajstić information content (AvgIpc) is 3.28. The van der Waals surface area contributed by atoms with Crippen LogP contribution in [0.2, 0.25) is 0 Å². The van der Waals surface area contributed by atoms with Gasteiger partial charge in [0.05, 0.1) is 23.1 Å². The van der Waals surface area contributed by atoms with Gasteiger partial charge in [-0.3, -0.25) is 4.79 Å². The Morgan fingerprint density at radius 2 is 1.86 bits per heavy atom. The lowest BCUT2D eigenvalue weighted by Crippen LogP contribution is -2.50. The number of aromatic nitrogens is 2. The molecule has 29 heavy (non-hydrogen) atoms. The maximum atomic E-state index is 12.5. The standard InChI is InChI=1S/C22H24N4O3/c1-22(2,3)29-21(28)26-12-13-10-14(26)11-25(13)18-9-8-17-19(24-18)15-6-4-5-7-16(15)20(27)23-17/h4-9,13-14H,10-12H2,1-3H3,(H,23,27)/t13-,14-/m1/s1. The van der Waals surface area contributed by atoms with Gasteiger partial charge in [0.1, 0.15) is 11.4 Å². The highest BCUT2D eigenvalue weighted by atomic mass is 16.6. The molecule has 0 radical (unpaired) electrons. The lowest BCUT2D eigenvalue weighted by Gasteiger charge is -2.35. The number of pyridine rings is 2. The number of benzene rings is 1. The first kappa shape index (κ1) is 18.0. The molecule has 1 aromatic carbocycles. The van der Waals surface area contributed by atoms with Gasteiger partial charge in [-0.05, 0) is 45.4 Å². The molecule has 4 heterocycles. The van der Waals surface area contributed by atoms with E-state index in [9.17, 15) is 9.59 Å². The van der Waals surface area contributed by atoms with Crippen molar-refractivity contribution in [3.63, 3.8) is 0 Å². The van der Waals surface area contributed by atoms with Crippen molar-refractivity contribution >= 4 is 33.7 Å². The molecule has 0 unspecified atom stereocenters. The van der Waals surface area contributed by atoms with E-state index in [2.05, 4.69) is 9.88 Å². The Balaban J connectivity index is 1.45. The van der Waals surface area contributed by atoms with Crippen LogP contribution < -0.4 is 10.5 Å². The normalized spacial score (nSPS) is 21.3. The van der Waals surface area contributed by atoms with Crippen LogP contribution in [0, 0.1) is 0 Å². The number of H-pyrrole nitrogens is 1. The molecule has 7 nitrogen and oxygen atoms in total. The number of piperazine rings is 1. The van der Waals surface area contributed by atoms with Crippen molar-refractivity contribution in [1.29, 1.82) is 0 Å². The van der Waals surface area contributed by atoms with Crippen molar-refractivity contribution in [3.8, 4) is 0 Å². The van der Waals surface area contributed by atoms with Crippen LogP contribution in [0.1, 0.15) is 27.2 Å². The monoisotopic (exact) mass is 392 g/mol. The SMILES string of the molecule is CC(C)(C)OC(=O)N1C[C@H]2C[C@@H]1CN2c1ccc2[nH]c(=O)c3ccccc3c2n1. The fraction of sp³-hybridized carbons (Fsp3) is 0.409. The fourth-order valence-corrected chi connectivity index (χ4v) is 4.48. The molecule has 2 aliphatic rings. The second-order valence-electron chi connectivity index (χ2n) is 8.89. The third-order valence-electron chi connectivity index (χ3n) is 5.72. The number of anilines is 1. The number of aromatic amines is 1. The van der Waals surface area contributed by atoms with Crippen molar-refractivity contribution in [2.75, 3.05) is 18.0 Å².